The van der Waals surface area contributed by atoms with Crippen LogP contribution in [0.5, 0.6) is 5.75 Å². The predicted octanol–water partition coefficient (Wildman–Crippen LogP) is 2.98. The molecule has 1 saturated heterocycles. The summed E-state index contributed by atoms with van der Waals surface area (Å²) in [5.41, 5.74) is -0.436. The molecule has 0 bridgehead atoms. The highest BCUT2D eigenvalue weighted by Crippen LogP contribution is 2.44. The highest BCUT2D eigenvalue weighted by molar-refractivity contribution is 7.99. The average molecular weight is 485 g/mol. The molecule has 0 aliphatic carbocycles. The zero-order valence-electron chi connectivity index (χ0n) is 19.2. The third kappa shape index (κ3) is 5.18. The standard InChI is InChI=1S/C24H28N4O5S/c1-15-12-17(29)21(31)22(33-15)24(8-10-34-11-9-24)13-19(30)26-20(16-6-4-3-5-7-16)23-25-18(14-32-2)27-28-23/h3-7,12,20,31H,8-11,13-14H2,1-2H3,(H,26,30)(H,25,27,28). The molecule has 1 unspecified atom stereocenters. The van der Waals surface area contributed by atoms with Gasteiger partial charge in [0.1, 0.15) is 18.4 Å². The summed E-state index contributed by atoms with van der Waals surface area (Å²) in [6.07, 6.45) is 1.28. The van der Waals surface area contributed by atoms with E-state index in [1.165, 1.54) is 6.07 Å². The number of H-pyrrole nitrogens is 1. The summed E-state index contributed by atoms with van der Waals surface area (Å²) in [5, 5.41) is 20.8. The van der Waals surface area contributed by atoms with Crippen LogP contribution in [0.15, 0.2) is 45.6 Å². The van der Waals surface area contributed by atoms with Crippen molar-refractivity contribution in [2.24, 2.45) is 0 Å². The van der Waals surface area contributed by atoms with Crippen LogP contribution < -0.4 is 10.7 Å². The molecule has 1 amide bonds. The topological polar surface area (TPSA) is 130 Å². The van der Waals surface area contributed by atoms with Gasteiger partial charge in [0.25, 0.3) is 0 Å². The van der Waals surface area contributed by atoms with Crippen molar-refractivity contribution in [3.63, 3.8) is 0 Å². The van der Waals surface area contributed by atoms with E-state index in [-0.39, 0.29) is 24.7 Å². The van der Waals surface area contributed by atoms with Gasteiger partial charge in [-0.3, -0.25) is 14.7 Å². The molecular formula is C24H28N4O5S. The monoisotopic (exact) mass is 484 g/mol. The number of methoxy groups -OCH3 is 1. The number of carbonyl (C=O) groups excluding carboxylic acids is 1. The second-order valence-electron chi connectivity index (χ2n) is 8.45. The SMILES string of the molecule is COCc1nc(C(NC(=O)CC2(c3oc(C)cc(=O)c3O)CCSCC2)c2ccccc2)n[nH]1. The van der Waals surface area contributed by atoms with Crippen LogP contribution in [-0.2, 0) is 21.6 Å². The zero-order valence-corrected chi connectivity index (χ0v) is 20.0. The van der Waals surface area contributed by atoms with Crippen LogP contribution in [0.2, 0.25) is 0 Å². The lowest BCUT2D eigenvalue weighted by Crippen LogP contribution is -2.40. The van der Waals surface area contributed by atoms with Gasteiger partial charge in [-0.2, -0.15) is 16.9 Å². The van der Waals surface area contributed by atoms with E-state index in [2.05, 4.69) is 20.5 Å². The molecule has 1 atom stereocenters. The molecule has 1 aliphatic heterocycles. The highest BCUT2D eigenvalue weighted by Gasteiger charge is 2.42. The molecular weight excluding hydrogens is 456 g/mol. The maximum Gasteiger partial charge on any atom is 0.227 e. The van der Waals surface area contributed by atoms with Gasteiger partial charge in [0.05, 0.1) is 0 Å². The van der Waals surface area contributed by atoms with Crippen LogP contribution in [0.25, 0.3) is 0 Å². The second-order valence-corrected chi connectivity index (χ2v) is 9.68. The maximum absolute atomic E-state index is 13.5. The number of benzene rings is 1. The molecule has 1 aliphatic rings. The number of nitrogens with zero attached hydrogens (tertiary/aromatic N) is 2. The summed E-state index contributed by atoms with van der Waals surface area (Å²) in [7, 11) is 1.57. The van der Waals surface area contributed by atoms with E-state index < -0.39 is 22.6 Å². The molecule has 0 saturated carbocycles. The maximum atomic E-state index is 13.5. The third-order valence-corrected chi connectivity index (χ3v) is 6.99. The van der Waals surface area contributed by atoms with Crippen LogP contribution in [0.3, 0.4) is 0 Å². The van der Waals surface area contributed by atoms with Crippen molar-refractivity contribution >= 4 is 17.7 Å². The first-order valence-corrected chi connectivity index (χ1v) is 12.2. The number of ether oxygens (including phenoxy) is 1. The normalized spacial score (nSPS) is 16.2. The van der Waals surface area contributed by atoms with E-state index >= 15 is 0 Å². The molecule has 180 valence electrons. The summed E-state index contributed by atoms with van der Waals surface area (Å²) in [4.78, 5) is 30.2. The molecule has 3 N–H and O–H groups in total. The lowest BCUT2D eigenvalue weighted by Gasteiger charge is -2.36. The fraction of sp³-hybridized carbons (Fsp3) is 0.417. The summed E-state index contributed by atoms with van der Waals surface area (Å²) >= 11 is 1.78. The number of aryl methyl sites for hydroxylation is 1. The van der Waals surface area contributed by atoms with Crippen LogP contribution in [0.1, 0.15) is 54.0 Å². The van der Waals surface area contributed by atoms with E-state index in [0.717, 1.165) is 17.1 Å². The minimum atomic E-state index is -0.772. The van der Waals surface area contributed by atoms with Crippen LogP contribution in [0.4, 0.5) is 0 Å². The number of hydrogen-bond donors (Lipinski definition) is 3. The van der Waals surface area contributed by atoms with Gasteiger partial charge >= 0.3 is 0 Å². The number of aromatic nitrogens is 3. The van der Waals surface area contributed by atoms with Gasteiger partial charge in [0.15, 0.2) is 17.4 Å². The van der Waals surface area contributed by atoms with E-state index in [1.807, 2.05) is 30.3 Å². The van der Waals surface area contributed by atoms with Crippen LogP contribution >= 0.6 is 11.8 Å². The molecule has 10 heteroatoms. The molecule has 1 fully saturated rings. The fourth-order valence-corrected chi connectivity index (χ4v) is 5.59. The Kier molecular flexibility index (Phi) is 7.38. The number of carbonyl (C=O) groups is 1. The Morgan fingerprint density at radius 2 is 2.06 bits per heavy atom. The Hall–Kier alpha value is -3.11. The zero-order chi connectivity index (χ0) is 24.1. The Morgan fingerprint density at radius 3 is 2.76 bits per heavy atom. The van der Waals surface area contributed by atoms with Gasteiger partial charge < -0.3 is 19.6 Å². The van der Waals surface area contributed by atoms with Gasteiger partial charge in [-0.25, -0.2) is 4.98 Å². The van der Waals surface area contributed by atoms with E-state index in [4.69, 9.17) is 9.15 Å². The van der Waals surface area contributed by atoms with Crippen molar-refractivity contribution in [1.29, 1.82) is 0 Å². The first kappa shape index (κ1) is 24.0. The Balaban J connectivity index is 1.64. The summed E-state index contributed by atoms with van der Waals surface area (Å²) in [6, 6.07) is 10.1. The van der Waals surface area contributed by atoms with E-state index in [0.29, 0.717) is 30.3 Å². The first-order chi connectivity index (χ1) is 16.4. The third-order valence-electron chi connectivity index (χ3n) is 6.00. The van der Waals surface area contributed by atoms with Crippen molar-refractivity contribution < 1.29 is 19.1 Å². The molecule has 0 radical (unpaired) electrons. The average Bonchev–Trinajstić information content (AvgIpc) is 3.29. The predicted molar refractivity (Wildman–Crippen MR) is 128 cm³/mol. The summed E-state index contributed by atoms with van der Waals surface area (Å²) in [6.45, 7) is 1.94. The quantitative estimate of drug-likeness (QED) is 0.445. The number of rotatable bonds is 8. The van der Waals surface area contributed by atoms with Crippen molar-refractivity contribution in [3.8, 4) is 5.75 Å². The van der Waals surface area contributed by atoms with Gasteiger partial charge in [-0.05, 0) is 36.8 Å². The Morgan fingerprint density at radius 1 is 1.32 bits per heavy atom. The van der Waals surface area contributed by atoms with Crippen molar-refractivity contribution in [2.75, 3.05) is 18.6 Å². The molecule has 1 aromatic carbocycles. The van der Waals surface area contributed by atoms with Gasteiger partial charge in [0.2, 0.25) is 17.1 Å². The van der Waals surface area contributed by atoms with Crippen LogP contribution in [0, 0.1) is 6.92 Å². The molecule has 3 heterocycles. The summed E-state index contributed by atoms with van der Waals surface area (Å²) < 4.78 is 11.0. The number of hydrogen-bond acceptors (Lipinski definition) is 8. The minimum absolute atomic E-state index is 0.0617. The second kappa shape index (κ2) is 10.4. The molecule has 9 nitrogen and oxygen atoms in total. The number of aromatic hydroxyl groups is 1. The van der Waals surface area contributed by atoms with E-state index in [1.54, 1.807) is 25.8 Å². The molecule has 34 heavy (non-hydrogen) atoms. The fourth-order valence-electron chi connectivity index (χ4n) is 4.31. The number of thioether (sulfide) groups is 1. The number of amides is 1. The van der Waals surface area contributed by atoms with Gasteiger partial charge in [-0.15, -0.1) is 0 Å². The molecule has 3 aromatic rings. The molecule has 0 spiro atoms. The number of nitrogens with one attached hydrogen (secondary N) is 2. The van der Waals surface area contributed by atoms with E-state index in [9.17, 15) is 14.7 Å². The first-order valence-electron chi connectivity index (χ1n) is 11.1. The van der Waals surface area contributed by atoms with Gasteiger partial charge in [-0.1, -0.05) is 30.3 Å². The van der Waals surface area contributed by atoms with Crippen LogP contribution in [-0.4, -0.2) is 44.8 Å². The highest BCUT2D eigenvalue weighted by atomic mass is 32.2. The lowest BCUT2D eigenvalue weighted by molar-refractivity contribution is -0.123. The Bertz CT molecular complexity index is 1190. The van der Waals surface area contributed by atoms with Gasteiger partial charge in [0, 0.05) is 25.0 Å². The Labute approximate surface area is 201 Å². The van der Waals surface area contributed by atoms with Crippen molar-refractivity contribution in [1.82, 2.24) is 20.5 Å². The molecule has 4 rings (SSSR count). The minimum Gasteiger partial charge on any atom is -0.502 e. The smallest absolute Gasteiger partial charge is 0.227 e. The summed E-state index contributed by atoms with van der Waals surface area (Å²) in [5.74, 6) is 2.52. The largest absolute Gasteiger partial charge is 0.502 e. The molecule has 2 aromatic heterocycles. The number of aromatic amines is 1. The van der Waals surface area contributed by atoms with Crippen molar-refractivity contribution in [3.05, 3.63) is 75.4 Å². The lowest BCUT2D eigenvalue weighted by atomic mass is 9.75. The van der Waals surface area contributed by atoms with Crippen molar-refractivity contribution in [2.45, 2.75) is 44.2 Å².